The van der Waals surface area contributed by atoms with E-state index < -0.39 is 0 Å². The molecule has 1 aliphatic rings. The molecule has 3 amide bonds. The van der Waals surface area contributed by atoms with Gasteiger partial charge in [0.1, 0.15) is 13.2 Å². The fourth-order valence-corrected chi connectivity index (χ4v) is 2.50. The zero-order chi connectivity index (χ0) is 13.1. The van der Waals surface area contributed by atoms with Crippen molar-refractivity contribution in [2.24, 2.45) is 0 Å². The molecule has 1 aromatic rings. The Labute approximate surface area is 109 Å². The highest BCUT2D eigenvalue weighted by molar-refractivity contribution is 7.10. The lowest BCUT2D eigenvalue weighted by Crippen LogP contribution is -2.30. The second kappa shape index (κ2) is 5.21. The maximum absolute atomic E-state index is 11.7. The molecule has 1 aliphatic heterocycles. The van der Waals surface area contributed by atoms with Crippen molar-refractivity contribution in [3.8, 4) is 11.8 Å². The number of carbonyl (C=O) groups excluding carboxylic acids is 2. The van der Waals surface area contributed by atoms with Gasteiger partial charge in [-0.15, -0.1) is 11.3 Å². The molecule has 6 heteroatoms. The van der Waals surface area contributed by atoms with Crippen LogP contribution in [-0.2, 0) is 11.3 Å². The Morgan fingerprint density at radius 1 is 1.50 bits per heavy atom. The summed E-state index contributed by atoms with van der Waals surface area (Å²) in [6.07, 6.45) is 0. The van der Waals surface area contributed by atoms with Gasteiger partial charge in [0.25, 0.3) is 5.91 Å². The normalized spacial score (nSPS) is 15.0. The Morgan fingerprint density at radius 2 is 2.28 bits per heavy atom. The lowest BCUT2D eigenvalue weighted by Gasteiger charge is -2.13. The summed E-state index contributed by atoms with van der Waals surface area (Å²) in [6, 6.07) is 1.53. The Balaban J connectivity index is 2.17. The monoisotopic (exact) mass is 264 g/mol. The molecule has 0 saturated carbocycles. The molecular weight excluding hydrogens is 252 g/mol. The van der Waals surface area contributed by atoms with E-state index in [-0.39, 0.29) is 31.6 Å². The minimum atomic E-state index is -0.283. The van der Waals surface area contributed by atoms with Crippen LogP contribution in [0.25, 0.3) is 0 Å². The summed E-state index contributed by atoms with van der Waals surface area (Å²) < 4.78 is 0. The average molecular weight is 264 g/mol. The molecule has 0 bridgehead atoms. The van der Waals surface area contributed by atoms with Crippen molar-refractivity contribution < 1.29 is 14.7 Å². The zero-order valence-electron chi connectivity index (χ0n) is 9.84. The van der Waals surface area contributed by atoms with Gasteiger partial charge in [-0.05, 0) is 11.4 Å². The zero-order valence-corrected chi connectivity index (χ0v) is 10.7. The van der Waals surface area contributed by atoms with Crippen molar-refractivity contribution in [3.05, 3.63) is 21.9 Å². The van der Waals surface area contributed by atoms with Crippen LogP contribution in [-0.4, -0.2) is 47.0 Å². The molecule has 0 aromatic carbocycles. The van der Waals surface area contributed by atoms with Crippen molar-refractivity contribution >= 4 is 23.3 Å². The number of aliphatic hydroxyl groups is 1. The smallest absolute Gasteiger partial charge is 0.327 e. The predicted molar refractivity (Wildman–Crippen MR) is 66.9 cm³/mol. The Hall–Kier alpha value is -1.84. The summed E-state index contributed by atoms with van der Waals surface area (Å²) in [5, 5.41) is 10.5. The van der Waals surface area contributed by atoms with Crippen LogP contribution < -0.4 is 0 Å². The van der Waals surface area contributed by atoms with Gasteiger partial charge in [-0.1, -0.05) is 11.8 Å². The number of imide groups is 1. The number of thiophene rings is 1. The van der Waals surface area contributed by atoms with Crippen molar-refractivity contribution in [1.82, 2.24) is 9.80 Å². The largest absolute Gasteiger partial charge is 0.384 e. The lowest BCUT2D eigenvalue weighted by atomic mass is 10.2. The summed E-state index contributed by atoms with van der Waals surface area (Å²) in [5.41, 5.74) is 0.754. The van der Waals surface area contributed by atoms with Crippen molar-refractivity contribution in [1.29, 1.82) is 0 Å². The third-order valence-electron chi connectivity index (χ3n) is 2.58. The molecule has 1 saturated heterocycles. The van der Waals surface area contributed by atoms with E-state index in [2.05, 4.69) is 11.8 Å². The lowest BCUT2D eigenvalue weighted by molar-refractivity contribution is -0.125. The highest BCUT2D eigenvalue weighted by atomic mass is 32.1. The van der Waals surface area contributed by atoms with Crippen LogP contribution in [0.5, 0.6) is 0 Å². The first-order chi connectivity index (χ1) is 8.63. The highest BCUT2D eigenvalue weighted by Crippen LogP contribution is 2.20. The minimum Gasteiger partial charge on any atom is -0.384 e. The van der Waals surface area contributed by atoms with E-state index in [9.17, 15) is 9.59 Å². The van der Waals surface area contributed by atoms with Gasteiger partial charge in [0.15, 0.2) is 0 Å². The van der Waals surface area contributed by atoms with Crippen LogP contribution in [0.4, 0.5) is 4.79 Å². The molecule has 1 aromatic heterocycles. The van der Waals surface area contributed by atoms with E-state index in [0.29, 0.717) is 0 Å². The summed E-state index contributed by atoms with van der Waals surface area (Å²) in [5.74, 6) is 5.17. The Bertz CT molecular complexity index is 541. The van der Waals surface area contributed by atoms with Gasteiger partial charge in [-0.25, -0.2) is 4.79 Å². The first-order valence-electron chi connectivity index (χ1n) is 5.35. The van der Waals surface area contributed by atoms with E-state index in [4.69, 9.17) is 5.11 Å². The van der Waals surface area contributed by atoms with Crippen molar-refractivity contribution in [2.45, 2.75) is 6.54 Å². The fourth-order valence-electron chi connectivity index (χ4n) is 1.68. The molecule has 1 N–H and O–H groups in total. The summed E-state index contributed by atoms with van der Waals surface area (Å²) in [6.45, 7) is 0.163. The van der Waals surface area contributed by atoms with Gasteiger partial charge in [-0.2, -0.15) is 0 Å². The predicted octanol–water partition coefficient (Wildman–Crippen LogP) is 0.486. The van der Waals surface area contributed by atoms with Gasteiger partial charge in [0.05, 0.1) is 6.54 Å². The first kappa shape index (κ1) is 12.6. The highest BCUT2D eigenvalue weighted by Gasteiger charge is 2.33. The van der Waals surface area contributed by atoms with Gasteiger partial charge in [-0.3, -0.25) is 9.69 Å². The second-order valence-electron chi connectivity index (χ2n) is 3.84. The molecule has 0 spiro atoms. The summed E-state index contributed by atoms with van der Waals surface area (Å²) in [4.78, 5) is 26.8. The summed E-state index contributed by atoms with van der Waals surface area (Å²) >= 11 is 1.44. The Morgan fingerprint density at radius 3 is 2.89 bits per heavy atom. The standard InChI is InChI=1S/C12H12N2O3S/c1-13-8-11(16)14(12(13)17)7-10-9(3-2-5-15)4-6-18-10/h4,6,15H,5,7-8H2,1H3. The topological polar surface area (TPSA) is 60.9 Å². The molecule has 18 heavy (non-hydrogen) atoms. The van der Waals surface area contributed by atoms with Crippen LogP contribution in [0.15, 0.2) is 11.4 Å². The molecule has 94 valence electrons. The third-order valence-corrected chi connectivity index (χ3v) is 3.49. The summed E-state index contributed by atoms with van der Waals surface area (Å²) in [7, 11) is 1.60. The number of likely N-dealkylation sites (N-methyl/N-ethyl adjacent to an activating group) is 1. The van der Waals surface area contributed by atoms with Gasteiger partial charge < -0.3 is 10.0 Å². The van der Waals surface area contributed by atoms with Crippen LogP contribution in [0.3, 0.4) is 0 Å². The number of hydrogen-bond acceptors (Lipinski definition) is 4. The van der Waals surface area contributed by atoms with E-state index in [1.807, 2.05) is 11.4 Å². The quantitative estimate of drug-likeness (QED) is 0.624. The number of amides is 3. The van der Waals surface area contributed by atoms with Crippen molar-refractivity contribution in [3.63, 3.8) is 0 Å². The molecule has 5 nitrogen and oxygen atoms in total. The second-order valence-corrected chi connectivity index (χ2v) is 4.84. The molecule has 0 unspecified atom stereocenters. The molecule has 0 atom stereocenters. The van der Waals surface area contributed by atoms with Crippen LogP contribution in [0.2, 0.25) is 0 Å². The van der Waals surface area contributed by atoms with Crippen LogP contribution in [0.1, 0.15) is 10.4 Å². The molecule has 0 radical (unpaired) electrons. The molecule has 0 aliphatic carbocycles. The van der Waals surface area contributed by atoms with E-state index in [1.165, 1.54) is 21.1 Å². The van der Waals surface area contributed by atoms with Crippen LogP contribution in [0, 0.1) is 11.8 Å². The van der Waals surface area contributed by atoms with Gasteiger partial charge in [0.2, 0.25) is 0 Å². The maximum atomic E-state index is 11.7. The minimum absolute atomic E-state index is 0.127. The van der Waals surface area contributed by atoms with E-state index >= 15 is 0 Å². The molecule has 2 rings (SSSR count). The number of carbonyl (C=O) groups is 2. The fraction of sp³-hybridized carbons (Fsp3) is 0.333. The number of urea groups is 1. The molecular formula is C12H12N2O3S. The molecule has 1 fully saturated rings. The van der Waals surface area contributed by atoms with Crippen LogP contribution >= 0.6 is 11.3 Å². The SMILES string of the molecule is CN1CC(=O)N(Cc2sccc2C#CCO)C1=O. The average Bonchev–Trinajstić information content (AvgIpc) is 2.87. The molecule has 2 heterocycles. The van der Waals surface area contributed by atoms with Gasteiger partial charge in [0, 0.05) is 17.5 Å². The Kier molecular flexibility index (Phi) is 3.65. The maximum Gasteiger partial charge on any atom is 0.327 e. The van der Waals surface area contributed by atoms with E-state index in [0.717, 1.165) is 10.4 Å². The number of hydrogen-bond donors (Lipinski definition) is 1. The van der Waals surface area contributed by atoms with Crippen molar-refractivity contribution in [2.75, 3.05) is 20.2 Å². The third kappa shape index (κ3) is 2.37. The number of nitrogens with zero attached hydrogens (tertiary/aromatic N) is 2. The van der Waals surface area contributed by atoms with Gasteiger partial charge >= 0.3 is 6.03 Å². The van der Waals surface area contributed by atoms with E-state index in [1.54, 1.807) is 7.05 Å². The number of rotatable bonds is 2. The first-order valence-corrected chi connectivity index (χ1v) is 6.23. The number of aliphatic hydroxyl groups excluding tert-OH is 1.